The highest BCUT2D eigenvalue weighted by Crippen LogP contribution is 2.32. The highest BCUT2D eigenvalue weighted by Gasteiger charge is 2.29. The fourth-order valence-corrected chi connectivity index (χ4v) is 4.15. The lowest BCUT2D eigenvalue weighted by Crippen LogP contribution is -2.30. The first-order valence-corrected chi connectivity index (χ1v) is 11.0. The number of carbonyl (C=O) groups is 1. The smallest absolute Gasteiger partial charge is 0.274 e. The standard InChI is InChI=1S/C19H21FN6OS.C2H6/c1-11(13-5-3-4-7-22-13)23-19-24-14-9-15(21-2)28-17(14)16(25-19)18(27)26-8-6-12(20)10-26;1-2/h3-5,7,9,11-12,21H,6,8,10H2,1-2H3,(H,23,24,25);1-2H3/t11?,12-;/m1./s1. The van der Waals surface area contributed by atoms with E-state index in [9.17, 15) is 9.18 Å². The van der Waals surface area contributed by atoms with Crippen molar-refractivity contribution in [2.75, 3.05) is 30.8 Å². The van der Waals surface area contributed by atoms with Gasteiger partial charge in [-0.1, -0.05) is 19.9 Å². The number of anilines is 2. The normalized spacial score (nSPS) is 16.7. The van der Waals surface area contributed by atoms with Crippen LogP contribution in [0.3, 0.4) is 0 Å². The highest BCUT2D eigenvalue weighted by molar-refractivity contribution is 7.23. The monoisotopic (exact) mass is 430 g/mol. The van der Waals surface area contributed by atoms with Gasteiger partial charge in [0.25, 0.3) is 5.91 Å². The van der Waals surface area contributed by atoms with Crippen LogP contribution in [0.25, 0.3) is 10.2 Å². The minimum absolute atomic E-state index is 0.113. The van der Waals surface area contributed by atoms with Crippen LogP contribution in [-0.2, 0) is 0 Å². The first kappa shape index (κ1) is 21.9. The first-order valence-electron chi connectivity index (χ1n) is 10.2. The van der Waals surface area contributed by atoms with Gasteiger partial charge in [0.2, 0.25) is 5.95 Å². The van der Waals surface area contributed by atoms with E-state index in [1.54, 1.807) is 6.20 Å². The van der Waals surface area contributed by atoms with E-state index >= 15 is 0 Å². The molecule has 1 fully saturated rings. The first-order chi connectivity index (χ1) is 14.5. The van der Waals surface area contributed by atoms with Gasteiger partial charge in [-0.2, -0.15) is 0 Å². The number of thiophene rings is 1. The molecule has 3 aromatic heterocycles. The van der Waals surface area contributed by atoms with E-state index in [2.05, 4.69) is 25.6 Å². The van der Waals surface area contributed by atoms with Gasteiger partial charge in [0.15, 0.2) is 5.69 Å². The van der Waals surface area contributed by atoms with E-state index in [4.69, 9.17) is 0 Å². The van der Waals surface area contributed by atoms with Crippen molar-refractivity contribution in [1.82, 2.24) is 19.9 Å². The van der Waals surface area contributed by atoms with Crippen molar-refractivity contribution in [3.8, 4) is 0 Å². The Morgan fingerprint density at radius 1 is 1.33 bits per heavy atom. The second-order valence-electron chi connectivity index (χ2n) is 6.73. The van der Waals surface area contributed by atoms with Crippen LogP contribution in [-0.4, -0.2) is 52.1 Å². The Hall–Kier alpha value is -2.81. The van der Waals surface area contributed by atoms with Gasteiger partial charge in [-0.25, -0.2) is 14.4 Å². The van der Waals surface area contributed by atoms with Crippen LogP contribution in [0.2, 0.25) is 0 Å². The minimum Gasteiger partial charge on any atom is -0.380 e. The van der Waals surface area contributed by atoms with E-state index in [-0.39, 0.29) is 18.5 Å². The second-order valence-corrected chi connectivity index (χ2v) is 7.78. The minimum atomic E-state index is -0.973. The summed E-state index contributed by atoms with van der Waals surface area (Å²) in [4.78, 5) is 28.0. The Labute approximate surface area is 179 Å². The predicted octanol–water partition coefficient (Wildman–Crippen LogP) is 4.51. The molecule has 1 aliphatic heterocycles. The third-order valence-corrected chi connectivity index (χ3v) is 5.86. The Balaban J connectivity index is 0.00000124. The summed E-state index contributed by atoms with van der Waals surface area (Å²) in [6, 6.07) is 7.44. The number of carbonyl (C=O) groups excluding carboxylic acids is 1. The Bertz CT molecular complexity index is 996. The molecule has 3 aromatic rings. The summed E-state index contributed by atoms with van der Waals surface area (Å²) in [7, 11) is 1.82. The summed E-state index contributed by atoms with van der Waals surface area (Å²) in [6.45, 7) is 6.47. The predicted molar refractivity (Wildman–Crippen MR) is 120 cm³/mol. The largest absolute Gasteiger partial charge is 0.380 e. The number of fused-ring (bicyclic) bond motifs is 1. The average Bonchev–Trinajstić information content (AvgIpc) is 3.40. The number of aromatic nitrogens is 3. The molecule has 0 aliphatic carbocycles. The molecule has 1 saturated heterocycles. The molecule has 4 rings (SSSR count). The van der Waals surface area contributed by atoms with Crippen molar-refractivity contribution in [1.29, 1.82) is 0 Å². The van der Waals surface area contributed by atoms with E-state index < -0.39 is 6.17 Å². The molecule has 0 radical (unpaired) electrons. The van der Waals surface area contributed by atoms with Crippen molar-refractivity contribution < 1.29 is 9.18 Å². The molecule has 2 atom stereocenters. The third kappa shape index (κ3) is 4.67. The molecule has 1 aliphatic rings. The number of alkyl halides is 1. The lowest BCUT2D eigenvalue weighted by atomic mass is 10.2. The summed E-state index contributed by atoms with van der Waals surface area (Å²) in [5.41, 5.74) is 1.83. The van der Waals surface area contributed by atoms with Crippen LogP contribution < -0.4 is 10.6 Å². The van der Waals surface area contributed by atoms with Crippen molar-refractivity contribution in [2.45, 2.75) is 39.4 Å². The fraction of sp³-hybridized carbons (Fsp3) is 0.429. The van der Waals surface area contributed by atoms with Gasteiger partial charge in [0.05, 0.1) is 33.5 Å². The second kappa shape index (κ2) is 9.80. The lowest BCUT2D eigenvalue weighted by Gasteiger charge is -2.17. The van der Waals surface area contributed by atoms with Crippen LogP contribution in [0.15, 0.2) is 30.5 Å². The zero-order valence-corrected chi connectivity index (χ0v) is 18.5. The molecule has 30 heavy (non-hydrogen) atoms. The van der Waals surface area contributed by atoms with Gasteiger partial charge < -0.3 is 15.5 Å². The Morgan fingerprint density at radius 2 is 2.13 bits per heavy atom. The van der Waals surface area contributed by atoms with Gasteiger partial charge in [0.1, 0.15) is 6.17 Å². The molecule has 2 N–H and O–H groups in total. The summed E-state index contributed by atoms with van der Waals surface area (Å²) >= 11 is 1.42. The zero-order valence-electron chi connectivity index (χ0n) is 17.6. The number of likely N-dealkylation sites (tertiary alicyclic amines) is 1. The molecule has 0 saturated carbocycles. The van der Waals surface area contributed by atoms with E-state index in [0.29, 0.717) is 34.8 Å². The molecule has 0 bridgehead atoms. The molecular weight excluding hydrogens is 403 g/mol. The maximum absolute atomic E-state index is 13.6. The molecule has 160 valence electrons. The number of hydrogen-bond donors (Lipinski definition) is 2. The Kier molecular flexibility index (Phi) is 7.15. The van der Waals surface area contributed by atoms with Crippen LogP contribution in [0.5, 0.6) is 0 Å². The molecule has 9 heteroatoms. The van der Waals surface area contributed by atoms with Crippen molar-refractivity contribution in [3.63, 3.8) is 0 Å². The van der Waals surface area contributed by atoms with Crippen molar-refractivity contribution in [2.24, 2.45) is 0 Å². The third-order valence-electron chi connectivity index (χ3n) is 4.72. The molecule has 0 spiro atoms. The fourth-order valence-electron chi connectivity index (χ4n) is 3.21. The van der Waals surface area contributed by atoms with Gasteiger partial charge in [0, 0.05) is 19.8 Å². The van der Waals surface area contributed by atoms with Gasteiger partial charge in [-0.15, -0.1) is 11.3 Å². The number of nitrogens with one attached hydrogen (secondary N) is 2. The maximum atomic E-state index is 13.6. The summed E-state index contributed by atoms with van der Waals surface area (Å²) < 4.78 is 14.3. The number of hydrogen-bond acceptors (Lipinski definition) is 7. The quantitative estimate of drug-likeness (QED) is 0.620. The van der Waals surface area contributed by atoms with E-state index in [1.165, 1.54) is 16.2 Å². The van der Waals surface area contributed by atoms with Crippen LogP contribution in [0.1, 0.15) is 49.4 Å². The van der Waals surface area contributed by atoms with Crippen LogP contribution >= 0.6 is 11.3 Å². The number of halogens is 1. The number of amides is 1. The highest BCUT2D eigenvalue weighted by atomic mass is 32.1. The van der Waals surface area contributed by atoms with Gasteiger partial charge in [-0.3, -0.25) is 9.78 Å². The SMILES string of the molecule is CC.CNc1cc2nc(NC(C)c3ccccn3)nc(C(=O)N3CC[C@@H](F)C3)c2s1. The van der Waals surface area contributed by atoms with Gasteiger partial charge in [-0.05, 0) is 31.5 Å². The zero-order chi connectivity index (χ0) is 21.7. The Morgan fingerprint density at radius 3 is 2.77 bits per heavy atom. The summed E-state index contributed by atoms with van der Waals surface area (Å²) in [6.07, 6.45) is 1.12. The maximum Gasteiger partial charge on any atom is 0.274 e. The number of nitrogens with zero attached hydrogens (tertiary/aromatic N) is 4. The molecule has 0 aromatic carbocycles. The molecular formula is C21H27FN6OS. The molecule has 4 heterocycles. The molecule has 7 nitrogen and oxygen atoms in total. The average molecular weight is 431 g/mol. The molecule has 1 amide bonds. The van der Waals surface area contributed by atoms with Gasteiger partial charge >= 0.3 is 0 Å². The van der Waals surface area contributed by atoms with Crippen LogP contribution in [0.4, 0.5) is 15.3 Å². The molecule has 1 unspecified atom stereocenters. The summed E-state index contributed by atoms with van der Waals surface area (Å²) in [5.74, 6) is 0.0936. The topological polar surface area (TPSA) is 83.0 Å². The van der Waals surface area contributed by atoms with E-state index in [0.717, 1.165) is 10.7 Å². The van der Waals surface area contributed by atoms with Crippen molar-refractivity contribution in [3.05, 3.63) is 41.9 Å². The van der Waals surface area contributed by atoms with Crippen molar-refractivity contribution >= 4 is 38.4 Å². The van der Waals surface area contributed by atoms with E-state index in [1.807, 2.05) is 52.1 Å². The number of rotatable bonds is 5. The summed E-state index contributed by atoms with van der Waals surface area (Å²) in [5, 5.41) is 7.19. The van der Waals surface area contributed by atoms with Crippen LogP contribution in [0, 0.1) is 0 Å². The lowest BCUT2D eigenvalue weighted by molar-refractivity contribution is 0.0779. The number of pyridine rings is 1.